The number of carbonyl (C=O) groups excluding carboxylic acids is 2. The standard InChI is InChI=1S/C13H17N3O2/c1-9(10-5-3-4-8-14-10)15-11-6-7-12(17)16(2)13(11)18/h3-5,8-9,11,15H,6-7H2,1-2H3. The molecule has 0 aliphatic carbocycles. The monoisotopic (exact) mass is 247 g/mol. The van der Waals surface area contributed by atoms with E-state index in [1.165, 1.54) is 11.9 Å². The fraction of sp³-hybridized carbons (Fsp3) is 0.462. The molecule has 0 spiro atoms. The first-order valence-electron chi connectivity index (χ1n) is 6.07. The Morgan fingerprint density at radius 3 is 2.89 bits per heavy atom. The number of hydrogen-bond donors (Lipinski definition) is 1. The Labute approximate surface area is 106 Å². The molecule has 1 fully saturated rings. The highest BCUT2D eigenvalue weighted by Crippen LogP contribution is 2.16. The maximum absolute atomic E-state index is 11.9. The summed E-state index contributed by atoms with van der Waals surface area (Å²) in [5.41, 5.74) is 0.893. The molecule has 1 aliphatic heterocycles. The number of amides is 2. The van der Waals surface area contributed by atoms with Crippen molar-refractivity contribution in [3.63, 3.8) is 0 Å². The van der Waals surface area contributed by atoms with Gasteiger partial charge in [-0.05, 0) is 25.5 Å². The molecule has 2 rings (SSSR count). The van der Waals surface area contributed by atoms with Gasteiger partial charge in [-0.1, -0.05) is 6.07 Å². The minimum atomic E-state index is -0.301. The van der Waals surface area contributed by atoms with E-state index in [0.29, 0.717) is 12.8 Å². The molecule has 1 aromatic rings. The van der Waals surface area contributed by atoms with Gasteiger partial charge in [0.05, 0.1) is 11.7 Å². The molecule has 0 bridgehead atoms. The highest BCUT2D eigenvalue weighted by Gasteiger charge is 2.32. The predicted octanol–water partition coefficient (Wildman–Crippen LogP) is 0.880. The molecule has 0 radical (unpaired) electrons. The van der Waals surface area contributed by atoms with E-state index in [1.807, 2.05) is 25.1 Å². The van der Waals surface area contributed by atoms with Crippen LogP contribution in [0.1, 0.15) is 31.5 Å². The maximum atomic E-state index is 11.9. The number of rotatable bonds is 3. The van der Waals surface area contributed by atoms with E-state index in [9.17, 15) is 9.59 Å². The molecule has 5 nitrogen and oxygen atoms in total. The van der Waals surface area contributed by atoms with Crippen molar-refractivity contribution in [1.82, 2.24) is 15.2 Å². The molecule has 96 valence electrons. The smallest absolute Gasteiger partial charge is 0.246 e. The Morgan fingerprint density at radius 1 is 1.44 bits per heavy atom. The number of nitrogens with zero attached hydrogens (tertiary/aromatic N) is 2. The van der Waals surface area contributed by atoms with Gasteiger partial charge in [0.1, 0.15) is 0 Å². The lowest BCUT2D eigenvalue weighted by molar-refractivity contribution is -0.148. The Hall–Kier alpha value is -1.75. The number of imide groups is 1. The summed E-state index contributed by atoms with van der Waals surface area (Å²) in [5, 5.41) is 3.23. The largest absolute Gasteiger partial charge is 0.298 e. The zero-order valence-electron chi connectivity index (χ0n) is 10.6. The van der Waals surface area contributed by atoms with Crippen molar-refractivity contribution in [2.75, 3.05) is 7.05 Å². The lowest BCUT2D eigenvalue weighted by Gasteiger charge is -2.30. The number of pyridine rings is 1. The summed E-state index contributed by atoms with van der Waals surface area (Å²) in [7, 11) is 1.53. The van der Waals surface area contributed by atoms with Gasteiger partial charge in [-0.2, -0.15) is 0 Å². The van der Waals surface area contributed by atoms with Gasteiger partial charge < -0.3 is 0 Å². The second kappa shape index (κ2) is 5.27. The molecule has 1 saturated heterocycles. The minimum absolute atomic E-state index is 0.0123. The highest BCUT2D eigenvalue weighted by atomic mass is 16.2. The summed E-state index contributed by atoms with van der Waals surface area (Å²) in [6, 6.07) is 5.37. The van der Waals surface area contributed by atoms with E-state index in [1.54, 1.807) is 6.20 Å². The first-order valence-corrected chi connectivity index (χ1v) is 6.07. The summed E-state index contributed by atoms with van der Waals surface area (Å²) in [6.45, 7) is 1.96. The van der Waals surface area contributed by atoms with Crippen LogP contribution in [0.5, 0.6) is 0 Å². The summed E-state index contributed by atoms with van der Waals surface area (Å²) >= 11 is 0. The number of carbonyl (C=O) groups is 2. The van der Waals surface area contributed by atoms with Crippen molar-refractivity contribution in [3.8, 4) is 0 Å². The third kappa shape index (κ3) is 2.56. The SMILES string of the molecule is CC(NC1CCC(=O)N(C)C1=O)c1ccccn1. The first kappa shape index (κ1) is 12.7. The van der Waals surface area contributed by atoms with E-state index >= 15 is 0 Å². The molecule has 0 aromatic carbocycles. The molecule has 18 heavy (non-hydrogen) atoms. The molecular formula is C13H17N3O2. The van der Waals surface area contributed by atoms with E-state index < -0.39 is 0 Å². The minimum Gasteiger partial charge on any atom is -0.298 e. The van der Waals surface area contributed by atoms with Crippen molar-refractivity contribution in [1.29, 1.82) is 0 Å². The quantitative estimate of drug-likeness (QED) is 0.805. The average Bonchev–Trinajstić information content (AvgIpc) is 2.40. The van der Waals surface area contributed by atoms with Gasteiger partial charge in [-0.3, -0.25) is 24.8 Å². The van der Waals surface area contributed by atoms with Crippen LogP contribution in [-0.2, 0) is 9.59 Å². The average molecular weight is 247 g/mol. The fourth-order valence-corrected chi connectivity index (χ4v) is 2.09. The Bertz CT molecular complexity index is 447. The van der Waals surface area contributed by atoms with Crippen LogP contribution in [0.15, 0.2) is 24.4 Å². The number of likely N-dealkylation sites (N-methyl/N-ethyl adjacent to an activating group) is 1. The number of hydrogen-bond acceptors (Lipinski definition) is 4. The Morgan fingerprint density at radius 2 is 2.22 bits per heavy atom. The second-order valence-corrected chi connectivity index (χ2v) is 4.53. The van der Waals surface area contributed by atoms with Crippen LogP contribution in [0.4, 0.5) is 0 Å². The zero-order valence-corrected chi connectivity index (χ0v) is 10.6. The molecule has 2 amide bonds. The van der Waals surface area contributed by atoms with Crippen molar-refractivity contribution >= 4 is 11.8 Å². The van der Waals surface area contributed by atoms with Gasteiger partial charge >= 0.3 is 0 Å². The lowest BCUT2D eigenvalue weighted by atomic mass is 10.0. The summed E-state index contributed by atoms with van der Waals surface area (Å²) < 4.78 is 0. The second-order valence-electron chi connectivity index (χ2n) is 4.53. The van der Waals surface area contributed by atoms with Crippen LogP contribution < -0.4 is 5.32 Å². The molecule has 2 atom stereocenters. The van der Waals surface area contributed by atoms with Crippen molar-refractivity contribution in [3.05, 3.63) is 30.1 Å². The highest BCUT2D eigenvalue weighted by molar-refractivity contribution is 6.00. The molecule has 1 N–H and O–H groups in total. The normalized spacial score (nSPS) is 22.1. The number of likely N-dealkylation sites (tertiary alicyclic amines) is 1. The fourth-order valence-electron chi connectivity index (χ4n) is 2.09. The van der Waals surface area contributed by atoms with Crippen LogP contribution in [0.25, 0.3) is 0 Å². The van der Waals surface area contributed by atoms with Gasteiger partial charge in [0, 0.05) is 25.7 Å². The van der Waals surface area contributed by atoms with Crippen LogP contribution in [-0.4, -0.2) is 34.8 Å². The number of aromatic nitrogens is 1. The van der Waals surface area contributed by atoms with Crippen molar-refractivity contribution in [2.45, 2.75) is 31.8 Å². The summed E-state index contributed by atoms with van der Waals surface area (Å²) in [4.78, 5) is 28.7. The van der Waals surface area contributed by atoms with Crippen LogP contribution in [0, 0.1) is 0 Å². The first-order chi connectivity index (χ1) is 8.59. The van der Waals surface area contributed by atoms with Gasteiger partial charge in [-0.25, -0.2) is 0 Å². The van der Waals surface area contributed by atoms with Crippen LogP contribution in [0.2, 0.25) is 0 Å². The zero-order chi connectivity index (χ0) is 13.1. The number of piperidine rings is 1. The molecule has 5 heteroatoms. The Balaban J connectivity index is 2.02. The third-order valence-electron chi connectivity index (χ3n) is 3.23. The van der Waals surface area contributed by atoms with E-state index in [-0.39, 0.29) is 23.9 Å². The van der Waals surface area contributed by atoms with Crippen molar-refractivity contribution in [2.24, 2.45) is 0 Å². The van der Waals surface area contributed by atoms with E-state index in [2.05, 4.69) is 10.3 Å². The van der Waals surface area contributed by atoms with Crippen molar-refractivity contribution < 1.29 is 9.59 Å². The molecule has 0 saturated carbocycles. The lowest BCUT2D eigenvalue weighted by Crippen LogP contribution is -2.51. The van der Waals surface area contributed by atoms with Gasteiger partial charge in [0.25, 0.3) is 0 Å². The van der Waals surface area contributed by atoms with Crippen LogP contribution in [0.3, 0.4) is 0 Å². The summed E-state index contributed by atoms with van der Waals surface area (Å²) in [5.74, 6) is -0.266. The molecule has 2 unspecified atom stereocenters. The molecule has 1 aliphatic rings. The Kier molecular flexibility index (Phi) is 3.72. The number of nitrogens with one attached hydrogen (secondary N) is 1. The molecular weight excluding hydrogens is 230 g/mol. The van der Waals surface area contributed by atoms with Gasteiger partial charge in [-0.15, -0.1) is 0 Å². The van der Waals surface area contributed by atoms with Gasteiger partial charge in [0.2, 0.25) is 11.8 Å². The van der Waals surface area contributed by atoms with Gasteiger partial charge in [0.15, 0.2) is 0 Å². The predicted molar refractivity (Wildman–Crippen MR) is 66.6 cm³/mol. The third-order valence-corrected chi connectivity index (χ3v) is 3.23. The summed E-state index contributed by atoms with van der Waals surface area (Å²) in [6.07, 6.45) is 2.69. The molecule has 2 heterocycles. The molecule has 1 aromatic heterocycles. The maximum Gasteiger partial charge on any atom is 0.246 e. The topological polar surface area (TPSA) is 62.3 Å². The van der Waals surface area contributed by atoms with E-state index in [0.717, 1.165) is 5.69 Å². The van der Waals surface area contributed by atoms with Crippen LogP contribution >= 0.6 is 0 Å². The van der Waals surface area contributed by atoms with E-state index in [4.69, 9.17) is 0 Å².